The van der Waals surface area contributed by atoms with Gasteiger partial charge in [0.25, 0.3) is 5.91 Å². The number of rotatable bonds is 6. The summed E-state index contributed by atoms with van der Waals surface area (Å²) in [4.78, 5) is 23.5. The Bertz CT molecular complexity index is 258. The molecule has 0 aromatic rings. The third-order valence-corrected chi connectivity index (χ3v) is 2.50. The van der Waals surface area contributed by atoms with Gasteiger partial charge in [-0.15, -0.1) is 0 Å². The molecule has 0 bridgehead atoms. The molecule has 0 aromatic heterocycles. The van der Waals surface area contributed by atoms with Gasteiger partial charge in [0, 0.05) is 39.6 Å². The molecule has 1 aliphatic heterocycles. The first kappa shape index (κ1) is 12.9. The summed E-state index contributed by atoms with van der Waals surface area (Å²) in [6.07, 6.45) is -0.274. The summed E-state index contributed by atoms with van der Waals surface area (Å²) in [5.74, 6) is -0.219. The molecule has 0 aromatic carbocycles. The van der Waals surface area contributed by atoms with Gasteiger partial charge in [-0.3, -0.25) is 9.59 Å². The van der Waals surface area contributed by atoms with Crippen LogP contribution in [0.4, 0.5) is 0 Å². The quantitative estimate of drug-likeness (QED) is 0.474. The number of likely N-dealkylation sites (tertiary alicyclic amines) is 1. The van der Waals surface area contributed by atoms with Crippen LogP contribution in [-0.4, -0.2) is 60.6 Å². The minimum Gasteiger partial charge on any atom is -0.383 e. The van der Waals surface area contributed by atoms with Crippen LogP contribution in [0.25, 0.3) is 0 Å². The maximum Gasteiger partial charge on any atom is 0.251 e. The number of amides is 2. The topological polar surface area (TPSA) is 81.7 Å². The van der Waals surface area contributed by atoms with Gasteiger partial charge < -0.3 is 20.6 Å². The summed E-state index contributed by atoms with van der Waals surface area (Å²) >= 11 is 0. The van der Waals surface area contributed by atoms with E-state index in [1.807, 2.05) is 0 Å². The lowest BCUT2D eigenvalue weighted by molar-refractivity contribution is -0.134. The standard InChI is InChI=1S/C10H19N3O3/c1-8(14)12-4-3-11-5-7-13-6-2-9(15)10(13)16/h9,11,15H,2-7H2,1H3,(H,12,14). The largest absolute Gasteiger partial charge is 0.383 e. The highest BCUT2D eigenvalue weighted by atomic mass is 16.3. The molecule has 1 heterocycles. The van der Waals surface area contributed by atoms with Gasteiger partial charge >= 0.3 is 0 Å². The lowest BCUT2D eigenvalue weighted by atomic mass is 10.3. The molecule has 0 saturated carbocycles. The maximum atomic E-state index is 11.3. The number of nitrogens with one attached hydrogen (secondary N) is 2. The molecular formula is C10H19N3O3. The van der Waals surface area contributed by atoms with Crippen molar-refractivity contribution in [3.63, 3.8) is 0 Å². The zero-order valence-electron chi connectivity index (χ0n) is 9.53. The Morgan fingerprint density at radius 2 is 2.25 bits per heavy atom. The van der Waals surface area contributed by atoms with Crippen molar-refractivity contribution in [3.05, 3.63) is 0 Å². The first-order chi connectivity index (χ1) is 7.61. The lowest BCUT2D eigenvalue weighted by Crippen LogP contribution is -2.37. The summed E-state index contributed by atoms with van der Waals surface area (Å²) in [6.45, 7) is 4.67. The summed E-state index contributed by atoms with van der Waals surface area (Å²) < 4.78 is 0. The highest BCUT2D eigenvalue weighted by Crippen LogP contribution is 2.09. The predicted octanol–water partition coefficient (Wildman–Crippen LogP) is -1.69. The number of hydrogen-bond donors (Lipinski definition) is 3. The summed E-state index contributed by atoms with van der Waals surface area (Å²) in [6, 6.07) is 0. The molecule has 1 saturated heterocycles. The average molecular weight is 229 g/mol. The fourth-order valence-corrected chi connectivity index (χ4v) is 1.61. The minimum absolute atomic E-state index is 0.0420. The second-order valence-corrected chi connectivity index (χ2v) is 3.86. The molecule has 3 N–H and O–H groups in total. The van der Waals surface area contributed by atoms with E-state index in [9.17, 15) is 14.7 Å². The van der Waals surface area contributed by atoms with Crippen molar-refractivity contribution in [1.29, 1.82) is 0 Å². The molecule has 16 heavy (non-hydrogen) atoms. The third kappa shape index (κ3) is 4.16. The lowest BCUT2D eigenvalue weighted by Gasteiger charge is -2.15. The Labute approximate surface area is 95.0 Å². The first-order valence-corrected chi connectivity index (χ1v) is 5.53. The fourth-order valence-electron chi connectivity index (χ4n) is 1.61. The Morgan fingerprint density at radius 3 is 2.81 bits per heavy atom. The molecule has 1 rings (SSSR count). The van der Waals surface area contributed by atoms with Crippen molar-refractivity contribution in [1.82, 2.24) is 15.5 Å². The molecule has 92 valence electrons. The van der Waals surface area contributed by atoms with E-state index in [1.165, 1.54) is 6.92 Å². The molecule has 0 aliphatic carbocycles. The Balaban J connectivity index is 1.99. The number of aliphatic hydroxyl groups is 1. The van der Waals surface area contributed by atoms with Gasteiger partial charge in [0.1, 0.15) is 6.10 Å². The van der Waals surface area contributed by atoms with Crippen LogP contribution in [0.1, 0.15) is 13.3 Å². The van der Waals surface area contributed by atoms with Gasteiger partial charge in [-0.2, -0.15) is 0 Å². The SMILES string of the molecule is CC(=O)NCCNCCN1CCC(O)C1=O. The molecule has 6 heteroatoms. The van der Waals surface area contributed by atoms with Crippen LogP contribution in [-0.2, 0) is 9.59 Å². The van der Waals surface area contributed by atoms with Crippen molar-refractivity contribution >= 4 is 11.8 Å². The second-order valence-electron chi connectivity index (χ2n) is 3.86. The molecular weight excluding hydrogens is 210 g/mol. The molecule has 1 aliphatic rings. The van der Waals surface area contributed by atoms with Gasteiger partial charge in [-0.25, -0.2) is 0 Å². The molecule has 0 radical (unpaired) electrons. The fraction of sp³-hybridized carbons (Fsp3) is 0.800. The van der Waals surface area contributed by atoms with E-state index < -0.39 is 6.10 Å². The van der Waals surface area contributed by atoms with Crippen molar-refractivity contribution in [2.75, 3.05) is 32.7 Å². The Hall–Kier alpha value is -1.14. The van der Waals surface area contributed by atoms with Gasteiger partial charge in [-0.1, -0.05) is 0 Å². The van der Waals surface area contributed by atoms with E-state index in [4.69, 9.17) is 0 Å². The smallest absolute Gasteiger partial charge is 0.251 e. The van der Waals surface area contributed by atoms with Crippen molar-refractivity contribution in [2.45, 2.75) is 19.4 Å². The third-order valence-electron chi connectivity index (χ3n) is 2.50. The summed E-state index contributed by atoms with van der Waals surface area (Å²) in [5, 5.41) is 15.0. The van der Waals surface area contributed by atoms with E-state index in [-0.39, 0.29) is 11.8 Å². The molecule has 2 amide bonds. The highest BCUT2D eigenvalue weighted by Gasteiger charge is 2.28. The van der Waals surface area contributed by atoms with Crippen LogP contribution in [0.15, 0.2) is 0 Å². The van der Waals surface area contributed by atoms with Crippen molar-refractivity contribution in [2.24, 2.45) is 0 Å². The number of carbonyl (C=O) groups excluding carboxylic acids is 2. The zero-order chi connectivity index (χ0) is 12.0. The minimum atomic E-state index is -0.806. The van der Waals surface area contributed by atoms with Gasteiger partial charge in [-0.05, 0) is 6.42 Å². The van der Waals surface area contributed by atoms with Crippen LogP contribution in [0.5, 0.6) is 0 Å². The normalized spacial score (nSPS) is 20.2. The van der Waals surface area contributed by atoms with Crippen LogP contribution < -0.4 is 10.6 Å². The molecule has 1 fully saturated rings. The summed E-state index contributed by atoms with van der Waals surface area (Å²) in [5.41, 5.74) is 0. The number of carbonyl (C=O) groups is 2. The van der Waals surface area contributed by atoms with Crippen LogP contribution in [0.2, 0.25) is 0 Å². The van der Waals surface area contributed by atoms with Crippen LogP contribution in [0.3, 0.4) is 0 Å². The van der Waals surface area contributed by atoms with E-state index in [0.29, 0.717) is 39.1 Å². The van der Waals surface area contributed by atoms with E-state index in [2.05, 4.69) is 10.6 Å². The zero-order valence-corrected chi connectivity index (χ0v) is 9.53. The van der Waals surface area contributed by atoms with Gasteiger partial charge in [0.05, 0.1) is 0 Å². The average Bonchev–Trinajstić information content (AvgIpc) is 2.54. The predicted molar refractivity (Wildman–Crippen MR) is 58.8 cm³/mol. The summed E-state index contributed by atoms with van der Waals surface area (Å²) in [7, 11) is 0. The van der Waals surface area contributed by atoms with E-state index >= 15 is 0 Å². The molecule has 1 unspecified atom stereocenters. The van der Waals surface area contributed by atoms with Gasteiger partial charge in [0.15, 0.2) is 0 Å². The van der Waals surface area contributed by atoms with Crippen LogP contribution >= 0.6 is 0 Å². The Kier molecular flexibility index (Phi) is 5.21. The first-order valence-electron chi connectivity index (χ1n) is 5.53. The number of nitrogens with zero attached hydrogens (tertiary/aromatic N) is 1. The van der Waals surface area contributed by atoms with E-state index in [1.54, 1.807) is 4.90 Å². The monoisotopic (exact) mass is 229 g/mol. The van der Waals surface area contributed by atoms with Crippen molar-refractivity contribution in [3.8, 4) is 0 Å². The molecule has 0 spiro atoms. The van der Waals surface area contributed by atoms with E-state index in [0.717, 1.165) is 0 Å². The number of hydrogen-bond acceptors (Lipinski definition) is 4. The van der Waals surface area contributed by atoms with Crippen molar-refractivity contribution < 1.29 is 14.7 Å². The molecule has 1 atom stereocenters. The van der Waals surface area contributed by atoms with Gasteiger partial charge in [0.2, 0.25) is 5.91 Å². The van der Waals surface area contributed by atoms with Crippen LogP contribution in [0, 0.1) is 0 Å². The Morgan fingerprint density at radius 1 is 1.50 bits per heavy atom. The number of aliphatic hydroxyl groups excluding tert-OH is 1. The second kappa shape index (κ2) is 6.44. The highest BCUT2D eigenvalue weighted by molar-refractivity contribution is 5.82. The maximum absolute atomic E-state index is 11.3. The molecule has 6 nitrogen and oxygen atoms in total.